The Balaban J connectivity index is 1.77. The molecule has 0 fully saturated rings. The van der Waals surface area contributed by atoms with Gasteiger partial charge in [-0.2, -0.15) is 0 Å². The SMILES string of the molecule is Cc1ccc(NC(=O)Nc2ccc(N(C)C)c(C(=O)NC(C)c3ccccc3)c2)c(C)c1. The second-order valence-corrected chi connectivity index (χ2v) is 8.13. The molecule has 3 rings (SSSR count). The van der Waals surface area contributed by atoms with Crippen molar-refractivity contribution in [3.63, 3.8) is 0 Å². The zero-order valence-corrected chi connectivity index (χ0v) is 19.2. The average Bonchev–Trinajstić information content (AvgIpc) is 2.76. The zero-order chi connectivity index (χ0) is 23.3. The van der Waals surface area contributed by atoms with E-state index in [-0.39, 0.29) is 18.0 Å². The van der Waals surface area contributed by atoms with E-state index in [0.717, 1.165) is 28.1 Å². The molecule has 6 nitrogen and oxygen atoms in total. The smallest absolute Gasteiger partial charge is 0.323 e. The van der Waals surface area contributed by atoms with Crippen LogP contribution in [0.3, 0.4) is 0 Å². The lowest BCUT2D eigenvalue weighted by atomic mass is 10.1. The summed E-state index contributed by atoms with van der Waals surface area (Å²) in [5.74, 6) is -0.205. The number of carbonyl (C=O) groups excluding carboxylic acids is 2. The Hall–Kier alpha value is -3.80. The standard InChI is InChI=1S/C26H30N4O2/c1-17-11-13-23(18(2)15-17)29-26(32)28-21-12-14-24(30(4)5)22(16-21)25(31)27-19(3)20-9-7-6-8-10-20/h6-16,19H,1-5H3,(H,27,31)(H2,28,29,32). The highest BCUT2D eigenvalue weighted by molar-refractivity contribution is 6.04. The topological polar surface area (TPSA) is 73.5 Å². The molecule has 0 bridgehead atoms. The normalized spacial score (nSPS) is 11.4. The van der Waals surface area contributed by atoms with Crippen LogP contribution in [0.15, 0.2) is 66.7 Å². The van der Waals surface area contributed by atoms with Gasteiger partial charge in [-0.3, -0.25) is 4.79 Å². The minimum atomic E-state index is -0.362. The van der Waals surface area contributed by atoms with Crippen LogP contribution >= 0.6 is 0 Å². The lowest BCUT2D eigenvalue weighted by Gasteiger charge is -2.21. The van der Waals surface area contributed by atoms with Gasteiger partial charge in [0.25, 0.3) is 5.91 Å². The van der Waals surface area contributed by atoms with Crippen molar-refractivity contribution in [1.82, 2.24) is 5.32 Å². The number of carbonyl (C=O) groups is 2. The first kappa shape index (κ1) is 22.9. The molecule has 3 aromatic carbocycles. The fourth-order valence-electron chi connectivity index (χ4n) is 3.52. The van der Waals surface area contributed by atoms with E-state index < -0.39 is 0 Å². The molecule has 0 spiro atoms. The van der Waals surface area contributed by atoms with Gasteiger partial charge in [0.15, 0.2) is 0 Å². The van der Waals surface area contributed by atoms with Crippen LogP contribution in [-0.4, -0.2) is 26.0 Å². The second kappa shape index (κ2) is 10.0. The Morgan fingerprint density at radius 3 is 2.25 bits per heavy atom. The lowest BCUT2D eigenvalue weighted by Crippen LogP contribution is -2.28. The molecule has 1 atom stereocenters. The highest BCUT2D eigenvalue weighted by Gasteiger charge is 2.17. The van der Waals surface area contributed by atoms with Gasteiger partial charge in [0.05, 0.1) is 11.6 Å². The molecule has 0 radical (unpaired) electrons. The molecule has 3 aromatic rings. The van der Waals surface area contributed by atoms with Gasteiger partial charge < -0.3 is 20.9 Å². The molecule has 3 amide bonds. The maximum Gasteiger partial charge on any atom is 0.323 e. The van der Waals surface area contributed by atoms with E-state index in [9.17, 15) is 9.59 Å². The van der Waals surface area contributed by atoms with E-state index in [1.165, 1.54) is 0 Å². The first-order valence-electron chi connectivity index (χ1n) is 10.6. The fraction of sp³-hybridized carbons (Fsp3) is 0.231. The van der Waals surface area contributed by atoms with Crippen molar-refractivity contribution in [3.8, 4) is 0 Å². The summed E-state index contributed by atoms with van der Waals surface area (Å²) in [4.78, 5) is 27.5. The summed E-state index contributed by atoms with van der Waals surface area (Å²) in [6.45, 7) is 5.90. The number of benzene rings is 3. The van der Waals surface area contributed by atoms with Crippen LogP contribution in [0.2, 0.25) is 0 Å². The average molecular weight is 431 g/mol. The zero-order valence-electron chi connectivity index (χ0n) is 19.2. The van der Waals surface area contributed by atoms with Crippen molar-refractivity contribution in [3.05, 3.63) is 89.0 Å². The summed E-state index contributed by atoms with van der Waals surface area (Å²) >= 11 is 0. The van der Waals surface area contributed by atoms with Crippen LogP contribution in [0.5, 0.6) is 0 Å². The van der Waals surface area contributed by atoms with Crippen LogP contribution < -0.4 is 20.9 Å². The van der Waals surface area contributed by atoms with Crippen LogP contribution in [0.4, 0.5) is 21.9 Å². The molecular formula is C26H30N4O2. The number of hydrogen-bond donors (Lipinski definition) is 3. The van der Waals surface area contributed by atoms with Crippen molar-refractivity contribution >= 4 is 29.0 Å². The Labute approximate surface area is 189 Å². The summed E-state index contributed by atoms with van der Waals surface area (Å²) in [7, 11) is 3.76. The quantitative estimate of drug-likeness (QED) is 0.483. The molecule has 0 saturated heterocycles. The van der Waals surface area contributed by atoms with Gasteiger partial charge in [-0.25, -0.2) is 4.79 Å². The molecule has 0 aromatic heterocycles. The van der Waals surface area contributed by atoms with Crippen molar-refractivity contribution in [2.45, 2.75) is 26.8 Å². The number of aryl methyl sites for hydroxylation is 2. The van der Waals surface area contributed by atoms with Gasteiger partial charge >= 0.3 is 6.03 Å². The molecule has 166 valence electrons. The lowest BCUT2D eigenvalue weighted by molar-refractivity contribution is 0.0940. The minimum Gasteiger partial charge on any atom is -0.377 e. The molecule has 1 unspecified atom stereocenters. The summed E-state index contributed by atoms with van der Waals surface area (Å²) < 4.78 is 0. The number of hydrogen-bond acceptors (Lipinski definition) is 3. The van der Waals surface area contributed by atoms with Crippen LogP contribution in [0.25, 0.3) is 0 Å². The van der Waals surface area contributed by atoms with Gasteiger partial charge in [-0.05, 0) is 56.2 Å². The van der Waals surface area contributed by atoms with E-state index in [1.807, 2.05) is 94.4 Å². The first-order chi connectivity index (χ1) is 15.2. The minimum absolute atomic E-state index is 0.150. The number of rotatable bonds is 6. The Morgan fingerprint density at radius 1 is 0.875 bits per heavy atom. The van der Waals surface area contributed by atoms with E-state index in [1.54, 1.807) is 12.1 Å². The van der Waals surface area contributed by atoms with Crippen molar-refractivity contribution in [2.24, 2.45) is 0 Å². The third kappa shape index (κ3) is 5.66. The summed E-state index contributed by atoms with van der Waals surface area (Å²) in [6, 6.07) is 20.4. The number of nitrogens with one attached hydrogen (secondary N) is 3. The molecule has 0 aliphatic heterocycles. The maximum absolute atomic E-state index is 13.1. The monoisotopic (exact) mass is 430 g/mol. The first-order valence-corrected chi connectivity index (χ1v) is 10.6. The molecule has 0 saturated carbocycles. The second-order valence-electron chi connectivity index (χ2n) is 8.13. The summed E-state index contributed by atoms with van der Waals surface area (Å²) in [5, 5.41) is 8.74. The molecule has 0 aliphatic carbocycles. The van der Waals surface area contributed by atoms with Gasteiger partial charge in [-0.1, -0.05) is 48.0 Å². The number of anilines is 3. The van der Waals surface area contributed by atoms with Gasteiger partial charge in [0, 0.05) is 31.2 Å². The van der Waals surface area contributed by atoms with Gasteiger partial charge in [-0.15, -0.1) is 0 Å². The Bertz CT molecular complexity index is 1110. The predicted octanol–water partition coefficient (Wildman–Crippen LogP) is 5.50. The van der Waals surface area contributed by atoms with E-state index in [0.29, 0.717) is 11.3 Å². The van der Waals surface area contributed by atoms with Crippen LogP contribution in [-0.2, 0) is 0 Å². The molecule has 3 N–H and O–H groups in total. The number of amides is 3. The van der Waals surface area contributed by atoms with Gasteiger partial charge in [0.2, 0.25) is 0 Å². The van der Waals surface area contributed by atoms with Crippen LogP contribution in [0, 0.1) is 13.8 Å². The van der Waals surface area contributed by atoms with Crippen molar-refractivity contribution in [1.29, 1.82) is 0 Å². The van der Waals surface area contributed by atoms with Crippen molar-refractivity contribution < 1.29 is 9.59 Å². The van der Waals surface area contributed by atoms with Crippen molar-refractivity contribution in [2.75, 3.05) is 29.6 Å². The Morgan fingerprint density at radius 2 is 1.59 bits per heavy atom. The highest BCUT2D eigenvalue weighted by atomic mass is 16.2. The highest BCUT2D eigenvalue weighted by Crippen LogP contribution is 2.25. The van der Waals surface area contributed by atoms with E-state index >= 15 is 0 Å². The Kier molecular flexibility index (Phi) is 7.15. The van der Waals surface area contributed by atoms with E-state index in [4.69, 9.17) is 0 Å². The third-order valence-corrected chi connectivity index (χ3v) is 5.26. The molecule has 0 aliphatic rings. The molecular weight excluding hydrogens is 400 g/mol. The van der Waals surface area contributed by atoms with E-state index in [2.05, 4.69) is 16.0 Å². The number of urea groups is 1. The largest absolute Gasteiger partial charge is 0.377 e. The summed E-state index contributed by atoms with van der Waals surface area (Å²) in [6.07, 6.45) is 0. The number of nitrogens with zero attached hydrogens (tertiary/aromatic N) is 1. The third-order valence-electron chi connectivity index (χ3n) is 5.26. The fourth-order valence-corrected chi connectivity index (χ4v) is 3.52. The maximum atomic E-state index is 13.1. The van der Waals surface area contributed by atoms with Gasteiger partial charge in [0.1, 0.15) is 0 Å². The molecule has 0 heterocycles. The predicted molar refractivity (Wildman–Crippen MR) is 132 cm³/mol. The molecule has 32 heavy (non-hydrogen) atoms. The summed E-state index contributed by atoms with van der Waals surface area (Å²) in [5.41, 5.74) is 5.67. The molecule has 6 heteroatoms. The van der Waals surface area contributed by atoms with Crippen LogP contribution in [0.1, 0.15) is 40.0 Å².